The maximum Gasteiger partial charge on any atom is 0.243 e. The van der Waals surface area contributed by atoms with Crippen LogP contribution in [-0.2, 0) is 4.79 Å². The smallest absolute Gasteiger partial charge is 0.243 e. The van der Waals surface area contributed by atoms with E-state index in [-0.39, 0.29) is 11.3 Å². The van der Waals surface area contributed by atoms with Crippen molar-refractivity contribution in [2.45, 2.75) is 71.4 Å². The van der Waals surface area contributed by atoms with E-state index in [2.05, 4.69) is 48.5 Å². The van der Waals surface area contributed by atoms with Crippen molar-refractivity contribution >= 4 is 11.7 Å². The number of pyridine rings is 1. The van der Waals surface area contributed by atoms with Crippen molar-refractivity contribution in [3.8, 4) is 0 Å². The molecule has 2 unspecified atom stereocenters. The summed E-state index contributed by atoms with van der Waals surface area (Å²) in [6.07, 6.45) is 13.4. The number of aromatic nitrogens is 1. The fourth-order valence-corrected chi connectivity index (χ4v) is 7.37. The number of aryl methyl sites for hydroxylation is 1. The molecule has 4 aliphatic rings. The van der Waals surface area contributed by atoms with Crippen molar-refractivity contribution in [1.29, 1.82) is 0 Å². The molecule has 1 aromatic rings. The summed E-state index contributed by atoms with van der Waals surface area (Å²) >= 11 is 0. The zero-order valence-electron chi connectivity index (χ0n) is 17.4. The van der Waals surface area contributed by atoms with Gasteiger partial charge in [0.1, 0.15) is 5.82 Å². The molecule has 2 heterocycles. The van der Waals surface area contributed by atoms with Gasteiger partial charge in [-0.15, -0.1) is 0 Å². The van der Waals surface area contributed by atoms with Crippen LogP contribution in [0.15, 0.2) is 30.5 Å². The van der Waals surface area contributed by atoms with Gasteiger partial charge in [0, 0.05) is 23.7 Å². The summed E-state index contributed by atoms with van der Waals surface area (Å²) < 4.78 is 0. The standard InChI is InChI=1S/C24H33N3O/c1-15-5-4-14-25-22(15)27-20-9-7-17-16-6-8-19-24(3,13-11-21(28)26-19)18(16)10-12-23(17,20)2/h4-5,11,13-14,16-20H,6-10,12H2,1-3H3,(H,25,27)(H,26,28)/t16-,17-,18+,19?,20?,23-,24+/m0/s1. The average molecular weight is 380 g/mol. The Hall–Kier alpha value is -1.84. The molecule has 28 heavy (non-hydrogen) atoms. The van der Waals surface area contributed by atoms with Gasteiger partial charge in [-0.05, 0) is 86.3 Å². The van der Waals surface area contributed by atoms with Gasteiger partial charge in [-0.25, -0.2) is 4.98 Å². The van der Waals surface area contributed by atoms with Crippen LogP contribution >= 0.6 is 0 Å². The van der Waals surface area contributed by atoms with Gasteiger partial charge in [0.2, 0.25) is 5.91 Å². The zero-order chi connectivity index (χ0) is 19.5. The predicted octanol–water partition coefficient (Wildman–Crippen LogP) is 4.47. The number of rotatable bonds is 2. The van der Waals surface area contributed by atoms with E-state index >= 15 is 0 Å². The molecule has 3 saturated carbocycles. The maximum atomic E-state index is 11.9. The lowest BCUT2D eigenvalue weighted by Gasteiger charge is -2.58. The van der Waals surface area contributed by atoms with Crippen LogP contribution in [0.1, 0.15) is 57.9 Å². The number of nitrogens with zero attached hydrogens (tertiary/aromatic N) is 1. The molecule has 1 aromatic heterocycles. The minimum absolute atomic E-state index is 0.0948. The van der Waals surface area contributed by atoms with Crippen LogP contribution in [-0.4, -0.2) is 23.0 Å². The third kappa shape index (κ3) is 2.56. The molecule has 3 aliphatic carbocycles. The number of anilines is 1. The SMILES string of the molecule is Cc1cccnc1NC1CC[C@H]2[C@@H]3CCC4NC(=O)C=C[C@]4(C)[C@@H]3CC[C@]12C. The monoisotopic (exact) mass is 379 g/mol. The second-order valence-electron chi connectivity index (χ2n) is 10.2. The van der Waals surface area contributed by atoms with Crippen LogP contribution in [0, 0.1) is 35.5 Å². The molecule has 5 rings (SSSR count). The zero-order valence-corrected chi connectivity index (χ0v) is 17.4. The molecule has 4 heteroatoms. The Balaban J connectivity index is 1.40. The van der Waals surface area contributed by atoms with Gasteiger partial charge < -0.3 is 10.6 Å². The van der Waals surface area contributed by atoms with Crippen LogP contribution in [0.25, 0.3) is 0 Å². The molecule has 3 fully saturated rings. The van der Waals surface area contributed by atoms with Gasteiger partial charge >= 0.3 is 0 Å². The van der Waals surface area contributed by atoms with Crippen LogP contribution < -0.4 is 10.6 Å². The normalized spacial score (nSPS) is 44.2. The Morgan fingerprint density at radius 2 is 2.00 bits per heavy atom. The summed E-state index contributed by atoms with van der Waals surface area (Å²) in [5.41, 5.74) is 1.70. The van der Waals surface area contributed by atoms with Crippen LogP contribution in [0.5, 0.6) is 0 Å². The summed E-state index contributed by atoms with van der Waals surface area (Å²) in [6.45, 7) is 7.07. The lowest BCUT2D eigenvalue weighted by atomic mass is 9.48. The van der Waals surface area contributed by atoms with E-state index in [0.29, 0.717) is 23.4 Å². The van der Waals surface area contributed by atoms with E-state index in [0.717, 1.165) is 24.1 Å². The minimum atomic E-state index is 0.0948. The van der Waals surface area contributed by atoms with Gasteiger partial charge in [0.25, 0.3) is 0 Å². The average Bonchev–Trinajstić information content (AvgIpc) is 3.01. The quantitative estimate of drug-likeness (QED) is 0.797. The highest BCUT2D eigenvalue weighted by Gasteiger charge is 2.59. The van der Waals surface area contributed by atoms with Crippen molar-refractivity contribution in [2.75, 3.05) is 5.32 Å². The number of hydrogen-bond donors (Lipinski definition) is 2. The third-order valence-corrected chi connectivity index (χ3v) is 9.01. The number of nitrogens with one attached hydrogen (secondary N) is 2. The molecule has 0 spiro atoms. The van der Waals surface area contributed by atoms with E-state index in [1.165, 1.54) is 37.7 Å². The van der Waals surface area contributed by atoms with E-state index in [4.69, 9.17) is 0 Å². The van der Waals surface area contributed by atoms with Gasteiger partial charge in [-0.2, -0.15) is 0 Å². The highest BCUT2D eigenvalue weighted by Crippen LogP contribution is 2.63. The first kappa shape index (κ1) is 18.2. The number of carbonyl (C=O) groups is 1. The number of fused-ring (bicyclic) bond motifs is 5. The summed E-state index contributed by atoms with van der Waals surface area (Å²) in [5, 5.41) is 7.10. The topological polar surface area (TPSA) is 54.0 Å². The Morgan fingerprint density at radius 1 is 1.14 bits per heavy atom. The van der Waals surface area contributed by atoms with E-state index in [1.807, 2.05) is 12.3 Å². The first-order chi connectivity index (χ1) is 13.4. The van der Waals surface area contributed by atoms with Crippen molar-refractivity contribution in [2.24, 2.45) is 28.6 Å². The second kappa shape index (κ2) is 6.33. The molecule has 0 radical (unpaired) electrons. The molecular weight excluding hydrogens is 346 g/mol. The largest absolute Gasteiger partial charge is 0.367 e. The summed E-state index contributed by atoms with van der Waals surface area (Å²) in [4.78, 5) is 16.5. The van der Waals surface area contributed by atoms with Crippen molar-refractivity contribution in [3.05, 3.63) is 36.0 Å². The summed E-state index contributed by atoms with van der Waals surface area (Å²) in [7, 11) is 0. The molecule has 150 valence electrons. The van der Waals surface area contributed by atoms with Crippen molar-refractivity contribution < 1.29 is 4.79 Å². The van der Waals surface area contributed by atoms with Crippen molar-refractivity contribution in [3.63, 3.8) is 0 Å². The predicted molar refractivity (Wildman–Crippen MR) is 112 cm³/mol. The molecule has 0 bridgehead atoms. The van der Waals surface area contributed by atoms with Crippen LogP contribution in [0.3, 0.4) is 0 Å². The Kier molecular flexibility index (Phi) is 4.12. The minimum Gasteiger partial charge on any atom is -0.367 e. The summed E-state index contributed by atoms with van der Waals surface area (Å²) in [5.74, 6) is 3.40. The highest BCUT2D eigenvalue weighted by atomic mass is 16.1. The molecule has 2 N–H and O–H groups in total. The number of carbonyl (C=O) groups excluding carboxylic acids is 1. The number of hydrogen-bond acceptors (Lipinski definition) is 3. The molecule has 1 aliphatic heterocycles. The Labute approximate surface area is 168 Å². The fraction of sp³-hybridized carbons (Fsp3) is 0.667. The van der Waals surface area contributed by atoms with Gasteiger partial charge in [-0.3, -0.25) is 4.79 Å². The van der Waals surface area contributed by atoms with E-state index < -0.39 is 0 Å². The third-order valence-electron chi connectivity index (χ3n) is 9.01. The first-order valence-corrected chi connectivity index (χ1v) is 11.1. The molecule has 4 nitrogen and oxygen atoms in total. The van der Waals surface area contributed by atoms with Gasteiger partial charge in [-0.1, -0.05) is 26.0 Å². The Bertz CT molecular complexity index is 820. The fourth-order valence-electron chi connectivity index (χ4n) is 7.37. The van der Waals surface area contributed by atoms with Gasteiger partial charge in [0.05, 0.1) is 0 Å². The van der Waals surface area contributed by atoms with Crippen LogP contribution in [0.2, 0.25) is 0 Å². The molecule has 0 saturated heterocycles. The molecular formula is C24H33N3O. The maximum absolute atomic E-state index is 11.9. The Morgan fingerprint density at radius 3 is 2.82 bits per heavy atom. The molecule has 1 amide bonds. The summed E-state index contributed by atoms with van der Waals surface area (Å²) in [6, 6.07) is 4.99. The van der Waals surface area contributed by atoms with E-state index in [9.17, 15) is 4.79 Å². The van der Waals surface area contributed by atoms with Gasteiger partial charge in [0.15, 0.2) is 0 Å². The van der Waals surface area contributed by atoms with Crippen molar-refractivity contribution in [1.82, 2.24) is 10.3 Å². The second-order valence-corrected chi connectivity index (χ2v) is 10.2. The molecule has 0 aromatic carbocycles. The van der Waals surface area contributed by atoms with Crippen LogP contribution in [0.4, 0.5) is 5.82 Å². The lowest BCUT2D eigenvalue weighted by molar-refractivity contribution is -0.122. The lowest BCUT2D eigenvalue weighted by Crippen LogP contribution is -2.59. The highest BCUT2D eigenvalue weighted by molar-refractivity contribution is 5.89. The molecule has 7 atom stereocenters. The van der Waals surface area contributed by atoms with E-state index in [1.54, 1.807) is 6.08 Å². The number of amides is 1. The first-order valence-electron chi connectivity index (χ1n) is 11.1.